The summed E-state index contributed by atoms with van der Waals surface area (Å²) in [5, 5.41) is 4.46. The number of anilines is 2. The molecule has 0 atom stereocenters. The van der Waals surface area contributed by atoms with Gasteiger partial charge in [-0.2, -0.15) is 4.31 Å². The fraction of sp³-hybridized carbons (Fsp3) is 0.273. The van der Waals surface area contributed by atoms with E-state index in [9.17, 15) is 18.0 Å². The topological polar surface area (TPSA) is 90.0 Å². The summed E-state index contributed by atoms with van der Waals surface area (Å²) >= 11 is 0. The maximum Gasteiger partial charge on any atom is 0.250 e. The number of hydrogen-bond donors (Lipinski definition) is 1. The molecule has 2 heterocycles. The molecule has 216 valence electrons. The Hall–Kier alpha value is -4.21. The van der Waals surface area contributed by atoms with Crippen molar-refractivity contribution in [3.8, 4) is 0 Å². The molecule has 2 saturated heterocycles. The van der Waals surface area contributed by atoms with Crippen molar-refractivity contribution in [3.63, 3.8) is 0 Å². The Kier molecular flexibility index (Phi) is 7.47. The van der Waals surface area contributed by atoms with Crippen LogP contribution in [0.1, 0.15) is 25.3 Å². The van der Waals surface area contributed by atoms with E-state index in [4.69, 9.17) is 0 Å². The first-order valence-electron chi connectivity index (χ1n) is 14.3. The van der Waals surface area contributed by atoms with Crippen molar-refractivity contribution in [2.75, 3.05) is 36.5 Å². The van der Waals surface area contributed by atoms with Crippen LogP contribution in [0.4, 0.5) is 11.4 Å². The molecule has 0 saturated carbocycles. The fourth-order valence-electron chi connectivity index (χ4n) is 6.18. The van der Waals surface area contributed by atoms with E-state index in [1.807, 2.05) is 89.8 Å². The molecular weight excluding hydrogens is 548 g/mol. The molecular formula is C33H34N4O4S. The third-order valence-corrected chi connectivity index (χ3v) is 10.4. The summed E-state index contributed by atoms with van der Waals surface area (Å²) in [5.74, 6) is -0.418. The molecule has 8 nitrogen and oxygen atoms in total. The van der Waals surface area contributed by atoms with Gasteiger partial charge in [-0.1, -0.05) is 73.7 Å². The summed E-state index contributed by atoms with van der Waals surface area (Å²) in [4.78, 5) is 31.0. The molecule has 4 aromatic rings. The molecule has 42 heavy (non-hydrogen) atoms. The van der Waals surface area contributed by atoms with Crippen molar-refractivity contribution in [2.24, 2.45) is 0 Å². The highest BCUT2D eigenvalue weighted by Crippen LogP contribution is 2.41. The molecule has 6 rings (SSSR count). The molecule has 9 heteroatoms. The highest BCUT2D eigenvalue weighted by Gasteiger charge is 2.55. The predicted octanol–water partition coefficient (Wildman–Crippen LogP) is 4.87. The summed E-state index contributed by atoms with van der Waals surface area (Å²) in [6, 6.07) is 30.1. The molecule has 0 aromatic heterocycles. The molecule has 1 spiro atoms. The normalized spacial score (nSPS) is 17.2. The van der Waals surface area contributed by atoms with Crippen LogP contribution in [0.25, 0.3) is 10.8 Å². The molecule has 2 aliphatic rings. The van der Waals surface area contributed by atoms with E-state index in [-0.39, 0.29) is 43.0 Å². The van der Waals surface area contributed by atoms with Crippen LogP contribution < -0.4 is 10.2 Å². The number of nitrogens with one attached hydrogen (secondary N) is 1. The van der Waals surface area contributed by atoms with E-state index in [1.165, 1.54) is 9.87 Å². The first-order valence-corrected chi connectivity index (χ1v) is 15.7. The number of piperidine rings is 1. The Morgan fingerprint density at radius 3 is 2.24 bits per heavy atom. The number of para-hydroxylation sites is 1. The summed E-state index contributed by atoms with van der Waals surface area (Å²) < 4.78 is 29.1. The van der Waals surface area contributed by atoms with Crippen LogP contribution in [0.5, 0.6) is 0 Å². The zero-order chi connectivity index (χ0) is 29.3. The van der Waals surface area contributed by atoms with E-state index in [0.29, 0.717) is 23.9 Å². The van der Waals surface area contributed by atoms with Crippen molar-refractivity contribution in [1.29, 1.82) is 0 Å². The van der Waals surface area contributed by atoms with Gasteiger partial charge in [-0.15, -0.1) is 0 Å². The number of amides is 2. The maximum absolute atomic E-state index is 14.1. The number of fused-ring (bicyclic) bond motifs is 1. The molecule has 0 unspecified atom stereocenters. The predicted molar refractivity (Wildman–Crippen MR) is 165 cm³/mol. The molecule has 0 radical (unpaired) electrons. The van der Waals surface area contributed by atoms with Crippen LogP contribution in [-0.2, 0) is 26.0 Å². The maximum atomic E-state index is 14.1. The minimum Gasteiger partial charge on any atom is -0.339 e. The fourth-order valence-corrected chi connectivity index (χ4v) is 7.83. The largest absolute Gasteiger partial charge is 0.339 e. The van der Waals surface area contributed by atoms with Gasteiger partial charge in [-0.3, -0.25) is 9.59 Å². The van der Waals surface area contributed by atoms with Crippen molar-refractivity contribution >= 4 is 44.0 Å². The molecule has 4 aromatic carbocycles. The minimum atomic E-state index is -3.78. The van der Waals surface area contributed by atoms with Crippen LogP contribution >= 0.6 is 0 Å². The Labute approximate surface area is 246 Å². The third kappa shape index (κ3) is 5.03. The van der Waals surface area contributed by atoms with E-state index in [0.717, 1.165) is 17.5 Å². The van der Waals surface area contributed by atoms with E-state index in [2.05, 4.69) is 12.2 Å². The number of carbonyl (C=O) groups excluding carboxylic acids is 2. The zero-order valence-corrected chi connectivity index (χ0v) is 24.4. The minimum absolute atomic E-state index is 0.0858. The highest BCUT2D eigenvalue weighted by atomic mass is 32.2. The van der Waals surface area contributed by atoms with Gasteiger partial charge in [0.05, 0.1) is 11.6 Å². The lowest BCUT2D eigenvalue weighted by atomic mass is 9.86. The van der Waals surface area contributed by atoms with Gasteiger partial charge < -0.3 is 15.1 Å². The summed E-state index contributed by atoms with van der Waals surface area (Å²) in [7, 11) is -3.78. The number of benzene rings is 4. The number of hydrogen-bond acceptors (Lipinski definition) is 5. The van der Waals surface area contributed by atoms with Crippen molar-refractivity contribution in [2.45, 2.75) is 36.6 Å². The van der Waals surface area contributed by atoms with Crippen LogP contribution in [-0.4, -0.2) is 61.3 Å². The second kappa shape index (κ2) is 11.2. The average molecular weight is 583 g/mol. The lowest BCUT2D eigenvalue weighted by molar-refractivity contribution is -0.136. The van der Waals surface area contributed by atoms with Gasteiger partial charge in [-0.25, -0.2) is 8.42 Å². The molecule has 0 aliphatic carbocycles. The van der Waals surface area contributed by atoms with Crippen molar-refractivity contribution in [3.05, 3.63) is 103 Å². The van der Waals surface area contributed by atoms with Crippen LogP contribution in [0.15, 0.2) is 102 Å². The summed E-state index contributed by atoms with van der Waals surface area (Å²) in [6.07, 6.45) is 1.55. The standard InChI is InChI=1S/C33H34N4O4S/c1-2-25-15-17-27(18-16-25)34-31(38)23-35-24-37(28-11-4-3-5-12-28)33(32(35)39)19-21-36(22-20-33)42(40,41)30-14-8-10-26-9-6-7-13-29(26)30/h3-18H,2,19-24H2,1H3,(H,34,38). The van der Waals surface area contributed by atoms with Gasteiger partial charge in [0.15, 0.2) is 0 Å². The van der Waals surface area contributed by atoms with Gasteiger partial charge in [0.1, 0.15) is 12.1 Å². The SMILES string of the molecule is CCc1ccc(NC(=O)CN2CN(c3ccccc3)C3(CCN(S(=O)(=O)c4cccc5ccccc45)CC3)C2=O)cc1. The highest BCUT2D eigenvalue weighted by molar-refractivity contribution is 7.89. The monoisotopic (exact) mass is 582 g/mol. The summed E-state index contributed by atoms with van der Waals surface area (Å²) in [6.45, 7) is 2.64. The number of aryl methyl sites for hydroxylation is 1. The second-order valence-electron chi connectivity index (χ2n) is 10.9. The van der Waals surface area contributed by atoms with Crippen LogP contribution in [0.2, 0.25) is 0 Å². The molecule has 2 fully saturated rings. The van der Waals surface area contributed by atoms with Crippen molar-refractivity contribution in [1.82, 2.24) is 9.21 Å². The Bertz CT molecular complexity index is 1710. The lowest BCUT2D eigenvalue weighted by Crippen LogP contribution is -2.57. The molecule has 2 aliphatic heterocycles. The number of carbonyl (C=O) groups is 2. The van der Waals surface area contributed by atoms with E-state index < -0.39 is 15.6 Å². The van der Waals surface area contributed by atoms with Crippen molar-refractivity contribution < 1.29 is 18.0 Å². The number of nitrogens with zero attached hydrogens (tertiary/aromatic N) is 3. The van der Waals surface area contributed by atoms with E-state index in [1.54, 1.807) is 17.0 Å². The second-order valence-corrected chi connectivity index (χ2v) is 12.8. The molecule has 1 N–H and O–H groups in total. The van der Waals surface area contributed by atoms with E-state index >= 15 is 0 Å². The van der Waals surface area contributed by atoms with Gasteiger partial charge in [0, 0.05) is 29.9 Å². The number of rotatable bonds is 7. The Morgan fingerprint density at radius 1 is 0.857 bits per heavy atom. The Morgan fingerprint density at radius 2 is 1.52 bits per heavy atom. The van der Waals surface area contributed by atoms with Gasteiger partial charge >= 0.3 is 0 Å². The molecule has 2 amide bonds. The van der Waals surface area contributed by atoms with Gasteiger partial charge in [0.2, 0.25) is 21.8 Å². The first-order chi connectivity index (χ1) is 20.3. The van der Waals surface area contributed by atoms with Gasteiger partial charge in [0.25, 0.3) is 0 Å². The lowest BCUT2D eigenvalue weighted by Gasteiger charge is -2.42. The first kappa shape index (κ1) is 27.9. The number of sulfonamides is 1. The Balaban J connectivity index is 1.23. The summed E-state index contributed by atoms with van der Waals surface area (Å²) in [5.41, 5.74) is 1.80. The van der Waals surface area contributed by atoms with Gasteiger partial charge in [-0.05, 0) is 60.5 Å². The third-order valence-electron chi connectivity index (χ3n) is 8.48. The smallest absolute Gasteiger partial charge is 0.250 e. The van der Waals surface area contributed by atoms with Crippen LogP contribution in [0, 0.1) is 0 Å². The van der Waals surface area contributed by atoms with Crippen LogP contribution in [0.3, 0.4) is 0 Å². The zero-order valence-electron chi connectivity index (χ0n) is 23.6. The average Bonchev–Trinajstić information content (AvgIpc) is 3.27. The molecule has 0 bridgehead atoms. The quantitative estimate of drug-likeness (QED) is 0.336.